The van der Waals surface area contributed by atoms with Gasteiger partial charge in [0, 0.05) is 11.6 Å². The number of hydrogen-bond acceptors (Lipinski definition) is 2. The van der Waals surface area contributed by atoms with E-state index in [0.717, 1.165) is 23.4 Å². The first-order valence-corrected chi connectivity index (χ1v) is 6.25. The Morgan fingerprint density at radius 1 is 1.22 bits per heavy atom. The minimum Gasteiger partial charge on any atom is -0.456 e. The summed E-state index contributed by atoms with van der Waals surface area (Å²) in [5.74, 6) is 1.39. The first-order chi connectivity index (χ1) is 8.69. The summed E-state index contributed by atoms with van der Waals surface area (Å²) in [5.41, 5.74) is 1.89. The number of alkyl halides is 1. The predicted octanol–water partition coefficient (Wildman–Crippen LogP) is 3.62. The molecule has 0 bridgehead atoms. The van der Waals surface area contributed by atoms with Crippen molar-refractivity contribution < 1.29 is 9.21 Å². The number of carbonyl (C=O) groups excluding carboxylic acids is 1. The average Bonchev–Trinajstić information content (AvgIpc) is 2.79. The number of furan rings is 1. The normalized spacial score (nSPS) is 10.3. The predicted molar refractivity (Wildman–Crippen MR) is 72.3 cm³/mol. The Balaban J connectivity index is 2.03. The van der Waals surface area contributed by atoms with E-state index < -0.39 is 0 Å². The van der Waals surface area contributed by atoms with Gasteiger partial charge in [-0.25, -0.2) is 0 Å². The molecule has 0 saturated carbocycles. The van der Waals surface area contributed by atoms with Gasteiger partial charge in [-0.1, -0.05) is 12.1 Å². The standard InChI is InChI=1S/C14H14ClNO2/c1-10-2-7-13(18-10)14(17)16-12-5-3-11(4-6-12)8-9-15/h2-7H,8-9H2,1H3,(H,16,17). The van der Waals surface area contributed by atoms with Crippen molar-refractivity contribution in [3.05, 3.63) is 53.5 Å². The van der Waals surface area contributed by atoms with Crippen LogP contribution in [0.1, 0.15) is 21.9 Å². The smallest absolute Gasteiger partial charge is 0.291 e. The number of rotatable bonds is 4. The molecule has 0 unspecified atom stereocenters. The lowest BCUT2D eigenvalue weighted by Crippen LogP contribution is -2.10. The van der Waals surface area contributed by atoms with Crippen LogP contribution in [0.4, 0.5) is 5.69 Å². The van der Waals surface area contributed by atoms with Gasteiger partial charge in [-0.2, -0.15) is 0 Å². The maximum atomic E-state index is 11.8. The van der Waals surface area contributed by atoms with Crippen LogP contribution in [0.15, 0.2) is 40.8 Å². The van der Waals surface area contributed by atoms with Gasteiger partial charge in [0.15, 0.2) is 5.76 Å². The molecule has 0 aliphatic carbocycles. The second-order valence-corrected chi connectivity index (χ2v) is 4.38. The van der Waals surface area contributed by atoms with Crippen molar-refractivity contribution >= 4 is 23.2 Å². The number of nitrogens with one attached hydrogen (secondary N) is 1. The molecule has 3 nitrogen and oxygen atoms in total. The Morgan fingerprint density at radius 2 is 1.94 bits per heavy atom. The molecule has 0 aliphatic heterocycles. The summed E-state index contributed by atoms with van der Waals surface area (Å²) in [6.07, 6.45) is 0.827. The summed E-state index contributed by atoms with van der Waals surface area (Å²) < 4.78 is 5.25. The van der Waals surface area contributed by atoms with Gasteiger partial charge in [0.1, 0.15) is 5.76 Å². The highest BCUT2D eigenvalue weighted by Gasteiger charge is 2.09. The van der Waals surface area contributed by atoms with Gasteiger partial charge in [0.2, 0.25) is 0 Å². The third-order valence-electron chi connectivity index (χ3n) is 2.56. The zero-order chi connectivity index (χ0) is 13.0. The third kappa shape index (κ3) is 3.14. The zero-order valence-corrected chi connectivity index (χ0v) is 10.8. The Hall–Kier alpha value is -1.74. The van der Waals surface area contributed by atoms with E-state index in [-0.39, 0.29) is 5.91 Å². The van der Waals surface area contributed by atoms with E-state index in [0.29, 0.717) is 11.6 Å². The number of amides is 1. The molecule has 4 heteroatoms. The van der Waals surface area contributed by atoms with Gasteiger partial charge in [-0.05, 0) is 43.2 Å². The lowest BCUT2D eigenvalue weighted by atomic mass is 10.1. The van der Waals surface area contributed by atoms with Crippen molar-refractivity contribution in [2.45, 2.75) is 13.3 Å². The van der Waals surface area contributed by atoms with E-state index in [1.165, 1.54) is 0 Å². The molecule has 0 aliphatic rings. The van der Waals surface area contributed by atoms with Crippen molar-refractivity contribution in [1.29, 1.82) is 0 Å². The first-order valence-electron chi connectivity index (χ1n) is 5.72. The van der Waals surface area contributed by atoms with Gasteiger partial charge in [0.05, 0.1) is 0 Å². The second-order valence-electron chi connectivity index (χ2n) is 4.00. The van der Waals surface area contributed by atoms with Crippen LogP contribution in [0, 0.1) is 6.92 Å². The van der Waals surface area contributed by atoms with Crippen LogP contribution in [0.5, 0.6) is 0 Å². The largest absolute Gasteiger partial charge is 0.456 e. The van der Waals surface area contributed by atoms with E-state index in [4.69, 9.17) is 16.0 Å². The van der Waals surface area contributed by atoms with Gasteiger partial charge < -0.3 is 9.73 Å². The second kappa shape index (κ2) is 5.74. The van der Waals surface area contributed by atoms with Crippen LogP contribution in [-0.2, 0) is 6.42 Å². The van der Waals surface area contributed by atoms with Crippen LogP contribution < -0.4 is 5.32 Å². The van der Waals surface area contributed by atoms with Crippen molar-refractivity contribution in [3.63, 3.8) is 0 Å². The molecule has 0 atom stereocenters. The molecule has 1 heterocycles. The molecule has 2 aromatic rings. The number of halogens is 1. The number of benzene rings is 1. The molecule has 1 aromatic heterocycles. The summed E-state index contributed by atoms with van der Waals surface area (Å²) in [5, 5.41) is 2.78. The maximum absolute atomic E-state index is 11.8. The van der Waals surface area contributed by atoms with Gasteiger partial charge in [-0.15, -0.1) is 11.6 Å². The fourth-order valence-corrected chi connectivity index (χ4v) is 1.83. The van der Waals surface area contributed by atoms with Crippen molar-refractivity contribution in [3.8, 4) is 0 Å². The Kier molecular flexibility index (Phi) is 4.05. The van der Waals surface area contributed by atoms with E-state index >= 15 is 0 Å². The third-order valence-corrected chi connectivity index (χ3v) is 2.75. The monoisotopic (exact) mass is 263 g/mol. The van der Waals surface area contributed by atoms with E-state index in [9.17, 15) is 4.79 Å². The fraction of sp³-hybridized carbons (Fsp3) is 0.214. The average molecular weight is 264 g/mol. The molecular weight excluding hydrogens is 250 g/mol. The topological polar surface area (TPSA) is 42.2 Å². The first kappa shape index (κ1) is 12.7. The maximum Gasteiger partial charge on any atom is 0.291 e. The Labute approximate surface area is 111 Å². The quantitative estimate of drug-likeness (QED) is 0.856. The molecule has 2 rings (SSSR count). The van der Waals surface area contributed by atoms with E-state index in [2.05, 4.69) is 5.32 Å². The highest BCUT2D eigenvalue weighted by atomic mass is 35.5. The molecular formula is C14H14ClNO2. The highest BCUT2D eigenvalue weighted by molar-refractivity contribution is 6.18. The van der Waals surface area contributed by atoms with Crippen LogP contribution in [0.3, 0.4) is 0 Å². The van der Waals surface area contributed by atoms with Gasteiger partial charge in [-0.3, -0.25) is 4.79 Å². The van der Waals surface area contributed by atoms with Crippen LogP contribution >= 0.6 is 11.6 Å². The lowest BCUT2D eigenvalue weighted by Gasteiger charge is -2.04. The Morgan fingerprint density at radius 3 is 2.50 bits per heavy atom. The molecule has 0 fully saturated rings. The van der Waals surface area contributed by atoms with Gasteiger partial charge >= 0.3 is 0 Å². The van der Waals surface area contributed by atoms with Crippen LogP contribution in [-0.4, -0.2) is 11.8 Å². The van der Waals surface area contributed by atoms with Crippen LogP contribution in [0.2, 0.25) is 0 Å². The van der Waals surface area contributed by atoms with Crippen molar-refractivity contribution in [1.82, 2.24) is 0 Å². The number of aryl methyl sites for hydroxylation is 2. The number of anilines is 1. The molecule has 0 spiro atoms. The highest BCUT2D eigenvalue weighted by Crippen LogP contribution is 2.13. The molecule has 94 valence electrons. The van der Waals surface area contributed by atoms with Crippen LogP contribution in [0.25, 0.3) is 0 Å². The summed E-state index contributed by atoms with van der Waals surface area (Å²) in [6, 6.07) is 11.0. The summed E-state index contributed by atoms with van der Waals surface area (Å²) in [7, 11) is 0. The Bertz CT molecular complexity index is 531. The summed E-state index contributed by atoms with van der Waals surface area (Å²) in [6.45, 7) is 1.80. The molecule has 1 amide bonds. The molecule has 1 aromatic carbocycles. The molecule has 0 radical (unpaired) electrons. The summed E-state index contributed by atoms with van der Waals surface area (Å²) >= 11 is 5.66. The molecule has 0 saturated heterocycles. The summed E-state index contributed by atoms with van der Waals surface area (Å²) in [4.78, 5) is 11.8. The minimum absolute atomic E-state index is 0.242. The fourth-order valence-electron chi connectivity index (χ4n) is 1.61. The SMILES string of the molecule is Cc1ccc(C(=O)Nc2ccc(CCCl)cc2)o1. The van der Waals surface area contributed by atoms with Crippen molar-refractivity contribution in [2.24, 2.45) is 0 Å². The van der Waals surface area contributed by atoms with Gasteiger partial charge in [0.25, 0.3) is 5.91 Å². The van der Waals surface area contributed by atoms with Crippen molar-refractivity contribution in [2.75, 3.05) is 11.2 Å². The van der Waals surface area contributed by atoms with E-state index in [1.54, 1.807) is 19.1 Å². The minimum atomic E-state index is -0.242. The lowest BCUT2D eigenvalue weighted by molar-refractivity contribution is 0.0995. The number of carbonyl (C=O) groups is 1. The number of hydrogen-bond donors (Lipinski definition) is 1. The zero-order valence-electron chi connectivity index (χ0n) is 10.1. The molecule has 1 N–H and O–H groups in total. The molecule has 18 heavy (non-hydrogen) atoms. The van der Waals surface area contributed by atoms with E-state index in [1.807, 2.05) is 24.3 Å².